The molecule has 130 valence electrons. The molecule has 0 spiro atoms. The van der Waals surface area contributed by atoms with Gasteiger partial charge in [-0.15, -0.1) is 0 Å². The molecule has 1 aromatic carbocycles. The molecule has 2 N–H and O–H groups in total. The van der Waals surface area contributed by atoms with Crippen molar-refractivity contribution < 1.29 is 14.7 Å². The number of nitrogens with one attached hydrogen (secondary N) is 1. The predicted octanol–water partition coefficient (Wildman–Crippen LogP) is 2.81. The topological polar surface area (TPSA) is 88.0 Å². The van der Waals surface area contributed by atoms with Crippen molar-refractivity contribution in [3.05, 3.63) is 52.6 Å². The molecule has 6 heteroatoms. The Morgan fingerprint density at radius 2 is 2.00 bits per heavy atom. The molecule has 0 amide bonds. The molecule has 0 saturated heterocycles. The Hall–Kier alpha value is -2.73. The Morgan fingerprint density at radius 3 is 2.64 bits per heavy atom. The maximum atomic E-state index is 12.9. The van der Waals surface area contributed by atoms with Crippen LogP contribution in [0, 0.1) is 6.92 Å². The van der Waals surface area contributed by atoms with E-state index in [4.69, 9.17) is 0 Å². The van der Waals surface area contributed by atoms with Crippen LogP contribution in [0.2, 0.25) is 0 Å². The molecule has 3 aromatic rings. The fourth-order valence-electron chi connectivity index (χ4n) is 3.39. The third kappa shape index (κ3) is 2.89. The Kier molecular flexibility index (Phi) is 4.55. The second kappa shape index (κ2) is 6.64. The summed E-state index contributed by atoms with van der Waals surface area (Å²) < 4.78 is 1.72. The molecule has 2 heterocycles. The van der Waals surface area contributed by atoms with Gasteiger partial charge < -0.3 is 14.7 Å². The fraction of sp³-hybridized carbons (Fsp3) is 0.316. The molecule has 0 unspecified atom stereocenters. The monoisotopic (exact) mass is 339 g/mol. The van der Waals surface area contributed by atoms with Gasteiger partial charge in [-0.2, -0.15) is 0 Å². The molecule has 0 atom stereocenters. The fourth-order valence-corrected chi connectivity index (χ4v) is 3.39. The van der Waals surface area contributed by atoms with Crippen LogP contribution in [0.3, 0.4) is 0 Å². The lowest BCUT2D eigenvalue weighted by Gasteiger charge is -2.08. The van der Waals surface area contributed by atoms with Gasteiger partial charge in [0.15, 0.2) is 11.6 Å². The highest BCUT2D eigenvalue weighted by molar-refractivity contribution is 6.03. The second-order valence-electron chi connectivity index (χ2n) is 6.07. The van der Waals surface area contributed by atoms with Gasteiger partial charge in [0, 0.05) is 11.3 Å². The maximum Gasteiger partial charge on any atom is 0.198 e. The van der Waals surface area contributed by atoms with Gasteiger partial charge in [0.2, 0.25) is 0 Å². The first-order valence-electron chi connectivity index (χ1n) is 8.28. The van der Waals surface area contributed by atoms with Gasteiger partial charge in [0.25, 0.3) is 0 Å². The highest BCUT2D eigenvalue weighted by Crippen LogP contribution is 2.23. The number of ketones is 2. The molecule has 6 nitrogen and oxygen atoms in total. The molecule has 3 rings (SSSR count). The number of nitrogens with zero attached hydrogens (tertiary/aromatic N) is 2. The molecule has 0 bridgehead atoms. The first kappa shape index (κ1) is 17.1. The predicted molar refractivity (Wildman–Crippen MR) is 94.9 cm³/mol. The number of carbonyl (C=O) groups excluding carboxylic acids is 2. The number of aliphatic hydroxyl groups is 1. The summed E-state index contributed by atoms with van der Waals surface area (Å²) in [5.74, 6) is 0.266. The van der Waals surface area contributed by atoms with Crippen molar-refractivity contribution in [2.24, 2.45) is 0 Å². The van der Waals surface area contributed by atoms with Crippen molar-refractivity contribution in [3.63, 3.8) is 0 Å². The van der Waals surface area contributed by atoms with Crippen molar-refractivity contribution in [2.75, 3.05) is 0 Å². The van der Waals surface area contributed by atoms with E-state index in [1.165, 1.54) is 6.92 Å². The van der Waals surface area contributed by atoms with Gasteiger partial charge in [0.1, 0.15) is 12.4 Å². The molecular formula is C19H21N3O3. The quantitative estimate of drug-likeness (QED) is 0.676. The molecule has 0 fully saturated rings. The van der Waals surface area contributed by atoms with Crippen molar-refractivity contribution in [1.82, 2.24) is 14.5 Å². The number of hydrogen-bond acceptors (Lipinski definition) is 4. The van der Waals surface area contributed by atoms with E-state index < -0.39 is 0 Å². The van der Waals surface area contributed by atoms with Crippen LogP contribution in [0.1, 0.15) is 51.8 Å². The third-order valence-corrected chi connectivity index (χ3v) is 4.45. The first-order valence-corrected chi connectivity index (χ1v) is 8.28. The number of Topliss-reactive ketones (excluding diaryl/α,β-unsaturated/α-hetero) is 2. The smallest absolute Gasteiger partial charge is 0.198 e. The van der Waals surface area contributed by atoms with E-state index >= 15 is 0 Å². The maximum absolute atomic E-state index is 12.9. The van der Waals surface area contributed by atoms with Crippen LogP contribution in [0.5, 0.6) is 0 Å². The average molecular weight is 339 g/mol. The molecule has 0 aliphatic heterocycles. The highest BCUT2D eigenvalue weighted by atomic mass is 16.3. The van der Waals surface area contributed by atoms with Crippen molar-refractivity contribution in [3.8, 4) is 0 Å². The lowest BCUT2D eigenvalue weighted by atomic mass is 10.0. The van der Waals surface area contributed by atoms with Crippen LogP contribution in [0.4, 0.5) is 0 Å². The Labute approximate surface area is 145 Å². The van der Waals surface area contributed by atoms with Gasteiger partial charge in [-0.05, 0) is 38.0 Å². The molecular weight excluding hydrogens is 318 g/mol. The van der Waals surface area contributed by atoms with E-state index in [-0.39, 0.29) is 24.7 Å². The van der Waals surface area contributed by atoms with E-state index in [1.54, 1.807) is 11.5 Å². The Morgan fingerprint density at radius 1 is 1.28 bits per heavy atom. The van der Waals surface area contributed by atoms with E-state index in [0.717, 1.165) is 16.6 Å². The zero-order valence-electron chi connectivity index (χ0n) is 14.6. The highest BCUT2D eigenvalue weighted by Gasteiger charge is 2.23. The molecule has 0 radical (unpaired) electrons. The number of hydrogen-bond donors (Lipinski definition) is 2. The van der Waals surface area contributed by atoms with E-state index in [0.29, 0.717) is 29.2 Å². The van der Waals surface area contributed by atoms with Gasteiger partial charge in [-0.3, -0.25) is 9.59 Å². The third-order valence-electron chi connectivity index (χ3n) is 4.45. The molecule has 25 heavy (non-hydrogen) atoms. The summed E-state index contributed by atoms with van der Waals surface area (Å²) in [6, 6.07) is 7.46. The van der Waals surface area contributed by atoms with E-state index in [2.05, 4.69) is 9.97 Å². The number of aromatic nitrogens is 3. The van der Waals surface area contributed by atoms with E-state index in [1.807, 2.05) is 31.2 Å². The number of aliphatic hydroxyl groups excluding tert-OH is 1. The minimum atomic E-state index is -0.245. The summed E-state index contributed by atoms with van der Waals surface area (Å²) in [6.45, 7) is 5.05. The normalized spacial score (nSPS) is 11.2. The summed E-state index contributed by atoms with van der Waals surface area (Å²) in [7, 11) is 0. The zero-order chi connectivity index (χ0) is 18.1. The zero-order valence-corrected chi connectivity index (χ0v) is 14.6. The van der Waals surface area contributed by atoms with E-state index in [9.17, 15) is 14.7 Å². The van der Waals surface area contributed by atoms with Crippen LogP contribution in [-0.4, -0.2) is 31.2 Å². The molecule has 0 aliphatic carbocycles. The van der Waals surface area contributed by atoms with Gasteiger partial charge in [-0.1, -0.05) is 19.1 Å². The van der Waals surface area contributed by atoms with Crippen LogP contribution >= 0.6 is 0 Å². The summed E-state index contributed by atoms with van der Waals surface area (Å²) in [4.78, 5) is 32.3. The van der Waals surface area contributed by atoms with Gasteiger partial charge in [0.05, 0.1) is 23.3 Å². The van der Waals surface area contributed by atoms with Crippen LogP contribution in [0.15, 0.2) is 24.3 Å². The van der Waals surface area contributed by atoms with Crippen LogP contribution in [0.25, 0.3) is 11.0 Å². The SMILES string of the molecule is CCc1c(C(=O)Cn2c(CO)nc3ccccc32)[nH]c(C)c1C(C)=O. The number of aryl methyl sites for hydroxylation is 1. The van der Waals surface area contributed by atoms with Gasteiger partial charge >= 0.3 is 0 Å². The van der Waals surface area contributed by atoms with Crippen molar-refractivity contribution >= 4 is 22.6 Å². The number of aromatic amines is 1. The van der Waals surface area contributed by atoms with Crippen LogP contribution in [-0.2, 0) is 19.6 Å². The number of rotatable bonds is 6. The first-order chi connectivity index (χ1) is 12.0. The van der Waals surface area contributed by atoms with Crippen LogP contribution < -0.4 is 0 Å². The van der Waals surface area contributed by atoms with Crippen molar-refractivity contribution in [1.29, 1.82) is 0 Å². The Balaban J connectivity index is 2.04. The largest absolute Gasteiger partial charge is 0.388 e. The summed E-state index contributed by atoms with van der Waals surface area (Å²) in [6.07, 6.45) is 0.595. The standard InChI is InChI=1S/C19H21N3O3/c1-4-13-18(12(3)24)11(2)20-19(13)16(25)9-22-15-8-6-5-7-14(15)21-17(22)10-23/h5-8,20,23H,4,9-10H2,1-3H3. The number of H-pyrrole nitrogens is 1. The van der Waals surface area contributed by atoms with Gasteiger partial charge in [-0.25, -0.2) is 4.98 Å². The second-order valence-corrected chi connectivity index (χ2v) is 6.07. The summed E-state index contributed by atoms with van der Waals surface area (Å²) >= 11 is 0. The molecule has 2 aromatic heterocycles. The van der Waals surface area contributed by atoms with Crippen molar-refractivity contribution in [2.45, 2.75) is 40.3 Å². The lowest BCUT2D eigenvalue weighted by Crippen LogP contribution is -2.15. The number of carbonyl (C=O) groups is 2. The average Bonchev–Trinajstić information content (AvgIpc) is 3.12. The number of imidazole rings is 1. The number of para-hydroxylation sites is 2. The molecule has 0 aliphatic rings. The molecule has 0 saturated carbocycles. The Bertz CT molecular complexity index is 966. The minimum Gasteiger partial charge on any atom is -0.388 e. The number of benzene rings is 1. The lowest BCUT2D eigenvalue weighted by molar-refractivity contribution is 0.0965. The minimum absolute atomic E-state index is 0.0474. The number of fused-ring (bicyclic) bond motifs is 1. The summed E-state index contributed by atoms with van der Waals surface area (Å²) in [5.41, 5.74) is 4.07. The summed E-state index contributed by atoms with van der Waals surface area (Å²) in [5, 5.41) is 9.58.